The Labute approximate surface area is 165 Å². The predicted octanol–water partition coefficient (Wildman–Crippen LogP) is 2.95. The topological polar surface area (TPSA) is 85.2 Å². The minimum atomic E-state index is -0.607. The monoisotopic (exact) mass is 387 g/mol. The van der Waals surface area contributed by atoms with Gasteiger partial charge in [-0.05, 0) is 42.6 Å². The molecule has 0 saturated carbocycles. The maximum atomic E-state index is 11.7. The van der Waals surface area contributed by atoms with Crippen LogP contribution >= 0.6 is 0 Å². The Morgan fingerprint density at radius 1 is 1.36 bits per heavy atom. The Morgan fingerprint density at radius 3 is 2.86 bits per heavy atom. The fraction of sp³-hybridized carbons (Fsp3) is 0.682. The van der Waals surface area contributed by atoms with Gasteiger partial charge in [-0.15, -0.1) is 0 Å². The number of cyclic esters (lactones) is 1. The third-order valence-corrected chi connectivity index (χ3v) is 6.72. The third-order valence-electron chi connectivity index (χ3n) is 6.72. The molecule has 2 aliphatic carbocycles. The summed E-state index contributed by atoms with van der Waals surface area (Å²) in [5.74, 6) is 1.01. The van der Waals surface area contributed by atoms with Gasteiger partial charge in [0, 0.05) is 13.3 Å². The van der Waals surface area contributed by atoms with Gasteiger partial charge in [-0.25, -0.2) is 4.99 Å². The van der Waals surface area contributed by atoms with Crippen LogP contribution in [0.2, 0.25) is 0 Å². The lowest BCUT2D eigenvalue weighted by Crippen LogP contribution is -2.61. The van der Waals surface area contributed by atoms with E-state index in [2.05, 4.69) is 32.1 Å². The molecule has 1 fully saturated rings. The van der Waals surface area contributed by atoms with Gasteiger partial charge >= 0.3 is 11.9 Å². The number of allylic oxidation sites excluding steroid dienone is 2. The van der Waals surface area contributed by atoms with Crippen molar-refractivity contribution in [2.75, 3.05) is 0 Å². The van der Waals surface area contributed by atoms with Crippen LogP contribution in [0.3, 0.4) is 0 Å². The van der Waals surface area contributed by atoms with Crippen LogP contribution in [0.25, 0.3) is 0 Å². The number of esters is 2. The van der Waals surface area contributed by atoms with Gasteiger partial charge in [0.05, 0.1) is 18.4 Å². The molecule has 0 aromatic rings. The van der Waals surface area contributed by atoms with Crippen molar-refractivity contribution < 1.29 is 24.2 Å². The highest BCUT2D eigenvalue weighted by Crippen LogP contribution is 2.57. The Morgan fingerprint density at radius 2 is 2.14 bits per heavy atom. The van der Waals surface area contributed by atoms with Crippen LogP contribution in [-0.4, -0.2) is 40.7 Å². The number of rotatable bonds is 3. The Kier molecular flexibility index (Phi) is 4.94. The molecule has 2 aliphatic heterocycles. The second kappa shape index (κ2) is 7.14. The maximum Gasteiger partial charge on any atom is 0.309 e. The standard InChI is InChI=1S/C22H29NO5/c1-12-8-15-5-4-13(2)18(7-6-17-10-16(25)11-20(26)28-17)22(15)19(9-12)21(23-22)27-14(3)24/h4-5,8,12-13,16-19,25H,6-7,9-11H2,1-3H3/t12-,13-,16+,17+,18-,19+,22+/m0/s1. The summed E-state index contributed by atoms with van der Waals surface area (Å²) in [4.78, 5) is 28.1. The molecule has 1 spiro atoms. The van der Waals surface area contributed by atoms with E-state index in [1.807, 2.05) is 0 Å². The fourth-order valence-corrected chi connectivity index (χ4v) is 5.55. The Bertz CT molecular complexity index is 769. The largest absolute Gasteiger partial charge is 0.462 e. The third kappa shape index (κ3) is 3.21. The van der Waals surface area contributed by atoms with Crippen molar-refractivity contribution in [1.82, 2.24) is 0 Å². The zero-order valence-electron chi connectivity index (χ0n) is 16.8. The highest BCUT2D eigenvalue weighted by molar-refractivity contribution is 5.95. The van der Waals surface area contributed by atoms with Gasteiger partial charge in [0.15, 0.2) is 0 Å². The molecule has 0 aromatic heterocycles. The fourth-order valence-electron chi connectivity index (χ4n) is 5.55. The molecule has 4 aliphatic rings. The first-order valence-electron chi connectivity index (χ1n) is 10.4. The average Bonchev–Trinajstić information content (AvgIpc) is 2.59. The van der Waals surface area contributed by atoms with E-state index in [-0.39, 0.29) is 41.8 Å². The molecular formula is C22H29NO5. The van der Waals surface area contributed by atoms with E-state index in [1.54, 1.807) is 0 Å². The summed E-state index contributed by atoms with van der Waals surface area (Å²) in [5.41, 5.74) is 0.874. The van der Waals surface area contributed by atoms with E-state index >= 15 is 0 Å². The maximum absolute atomic E-state index is 11.7. The van der Waals surface area contributed by atoms with Crippen LogP contribution < -0.4 is 0 Å². The minimum Gasteiger partial charge on any atom is -0.462 e. The van der Waals surface area contributed by atoms with Crippen molar-refractivity contribution in [2.24, 2.45) is 28.7 Å². The molecule has 1 saturated heterocycles. The lowest BCUT2D eigenvalue weighted by Gasteiger charge is -2.56. The van der Waals surface area contributed by atoms with E-state index in [0.29, 0.717) is 30.6 Å². The zero-order chi connectivity index (χ0) is 20.1. The summed E-state index contributed by atoms with van der Waals surface area (Å²) in [6.45, 7) is 5.80. The number of ether oxygens (including phenoxy) is 2. The molecule has 6 heteroatoms. The summed E-state index contributed by atoms with van der Waals surface area (Å²) in [7, 11) is 0. The lowest BCUT2D eigenvalue weighted by molar-refractivity contribution is -0.160. The van der Waals surface area contributed by atoms with Gasteiger partial charge in [-0.2, -0.15) is 0 Å². The van der Waals surface area contributed by atoms with Gasteiger partial charge in [-0.3, -0.25) is 9.59 Å². The first kappa shape index (κ1) is 19.4. The number of hydrogen-bond donors (Lipinski definition) is 1. The van der Waals surface area contributed by atoms with Crippen LogP contribution in [0, 0.1) is 23.7 Å². The van der Waals surface area contributed by atoms with Crippen LogP contribution in [0.5, 0.6) is 0 Å². The quantitative estimate of drug-likeness (QED) is 0.753. The van der Waals surface area contributed by atoms with Gasteiger partial charge in [-0.1, -0.05) is 32.1 Å². The second-order valence-electron chi connectivity index (χ2n) is 8.86. The molecule has 4 rings (SSSR count). The Hall–Kier alpha value is -1.95. The van der Waals surface area contributed by atoms with E-state index in [1.165, 1.54) is 12.5 Å². The van der Waals surface area contributed by atoms with Gasteiger partial charge in [0.2, 0.25) is 5.90 Å². The molecule has 0 amide bonds. The number of aliphatic hydroxyl groups excluding tert-OH is 1. The molecule has 28 heavy (non-hydrogen) atoms. The number of nitrogens with zero attached hydrogens (tertiary/aromatic N) is 1. The number of hydrogen-bond acceptors (Lipinski definition) is 6. The molecule has 152 valence electrons. The van der Waals surface area contributed by atoms with Gasteiger partial charge in [0.1, 0.15) is 11.6 Å². The summed E-state index contributed by atoms with van der Waals surface area (Å²) in [5, 5.41) is 9.89. The normalized spacial score (nSPS) is 41.6. The summed E-state index contributed by atoms with van der Waals surface area (Å²) < 4.78 is 10.9. The average molecular weight is 387 g/mol. The number of carbonyl (C=O) groups excluding carboxylic acids is 2. The summed E-state index contributed by atoms with van der Waals surface area (Å²) in [6.07, 6.45) is 8.93. The van der Waals surface area contributed by atoms with Crippen molar-refractivity contribution >= 4 is 17.8 Å². The van der Waals surface area contributed by atoms with Gasteiger partial charge < -0.3 is 14.6 Å². The minimum absolute atomic E-state index is 0.0892. The van der Waals surface area contributed by atoms with Crippen molar-refractivity contribution in [2.45, 2.75) is 70.6 Å². The van der Waals surface area contributed by atoms with Crippen LogP contribution in [0.4, 0.5) is 0 Å². The predicted molar refractivity (Wildman–Crippen MR) is 103 cm³/mol. The smallest absolute Gasteiger partial charge is 0.309 e. The van der Waals surface area contributed by atoms with Crippen molar-refractivity contribution in [3.05, 3.63) is 23.8 Å². The number of aliphatic imine (C=N–C) groups is 1. The second-order valence-corrected chi connectivity index (χ2v) is 8.86. The van der Waals surface area contributed by atoms with Crippen LogP contribution in [0.15, 0.2) is 28.8 Å². The van der Waals surface area contributed by atoms with Crippen LogP contribution in [0.1, 0.15) is 52.9 Å². The molecule has 2 heterocycles. The molecule has 0 unspecified atom stereocenters. The molecule has 0 aromatic carbocycles. The van der Waals surface area contributed by atoms with Crippen LogP contribution in [-0.2, 0) is 19.1 Å². The first-order chi connectivity index (χ1) is 13.3. The molecule has 0 bridgehead atoms. The molecular weight excluding hydrogens is 358 g/mol. The van der Waals surface area contributed by atoms with E-state index in [0.717, 1.165) is 12.8 Å². The van der Waals surface area contributed by atoms with E-state index in [4.69, 9.17) is 14.5 Å². The summed E-state index contributed by atoms with van der Waals surface area (Å²) in [6, 6.07) is 0. The molecule has 7 atom stereocenters. The van der Waals surface area contributed by atoms with E-state index in [9.17, 15) is 14.7 Å². The molecule has 6 nitrogen and oxygen atoms in total. The zero-order valence-corrected chi connectivity index (χ0v) is 16.8. The van der Waals surface area contributed by atoms with E-state index < -0.39 is 6.10 Å². The van der Waals surface area contributed by atoms with Crippen molar-refractivity contribution in [3.8, 4) is 0 Å². The number of aliphatic hydroxyl groups is 1. The van der Waals surface area contributed by atoms with Gasteiger partial charge in [0.25, 0.3) is 0 Å². The summed E-state index contributed by atoms with van der Waals surface area (Å²) >= 11 is 0. The van der Waals surface area contributed by atoms with Crippen molar-refractivity contribution in [3.63, 3.8) is 0 Å². The first-order valence-corrected chi connectivity index (χ1v) is 10.4. The highest BCUT2D eigenvalue weighted by atomic mass is 16.5. The molecule has 1 N–H and O–H groups in total. The lowest BCUT2D eigenvalue weighted by atomic mass is 9.54. The van der Waals surface area contributed by atoms with Crippen molar-refractivity contribution in [1.29, 1.82) is 0 Å². The SMILES string of the molecule is CC(=O)OC1=N[C@@]23C(=C[C@H](C)C[C@H]12)C=C[C@H](C)[C@@H]3CC[C@@H]1C[C@@H](O)CC(=O)O1. The highest BCUT2D eigenvalue weighted by Gasteiger charge is 2.60. The number of carbonyl (C=O) groups is 2. The Balaban J connectivity index is 1.58. The molecule has 0 radical (unpaired) electrons.